The zero-order valence-electron chi connectivity index (χ0n) is 10.6. The molecule has 0 amide bonds. The molecule has 96 valence electrons. The number of pyridine rings is 1. The summed E-state index contributed by atoms with van der Waals surface area (Å²) in [6.07, 6.45) is 6.20. The minimum Gasteiger partial charge on any atom is -0.367 e. The second-order valence-corrected chi connectivity index (χ2v) is 5.34. The van der Waals surface area contributed by atoms with Crippen molar-refractivity contribution in [3.05, 3.63) is 22.8 Å². The molecule has 1 aromatic heterocycles. The molecule has 18 heavy (non-hydrogen) atoms. The summed E-state index contributed by atoms with van der Waals surface area (Å²) in [5.41, 5.74) is 0.556. The van der Waals surface area contributed by atoms with Gasteiger partial charge in [-0.1, -0.05) is 37.8 Å². The van der Waals surface area contributed by atoms with Crippen LogP contribution >= 0.6 is 11.6 Å². The smallest absolute Gasteiger partial charge is 0.132 e. The molecule has 0 bridgehead atoms. The normalized spacial score (nSPS) is 23.4. The zero-order valence-corrected chi connectivity index (χ0v) is 11.4. The minimum atomic E-state index is 0.374. The lowest BCUT2D eigenvalue weighted by Crippen LogP contribution is -2.27. The average molecular weight is 264 g/mol. The third-order valence-corrected chi connectivity index (χ3v) is 3.83. The fraction of sp³-hybridized carbons (Fsp3) is 0.571. The van der Waals surface area contributed by atoms with Crippen LogP contribution in [0.4, 0.5) is 5.82 Å². The van der Waals surface area contributed by atoms with E-state index in [0.717, 1.165) is 11.7 Å². The number of aromatic nitrogens is 1. The van der Waals surface area contributed by atoms with Gasteiger partial charge in [0.25, 0.3) is 0 Å². The number of nitrogens with zero attached hydrogens (tertiary/aromatic N) is 2. The number of hydrogen-bond donors (Lipinski definition) is 1. The highest BCUT2D eigenvalue weighted by Crippen LogP contribution is 2.28. The Morgan fingerprint density at radius 2 is 2.33 bits per heavy atom. The number of halogens is 1. The molecule has 1 fully saturated rings. The zero-order chi connectivity index (χ0) is 13.0. The first-order chi connectivity index (χ1) is 8.71. The summed E-state index contributed by atoms with van der Waals surface area (Å²) in [5, 5.41) is 12.7. The molecule has 0 radical (unpaired) electrons. The van der Waals surface area contributed by atoms with E-state index in [9.17, 15) is 0 Å². The maximum atomic E-state index is 8.91. The molecule has 0 saturated heterocycles. The molecule has 1 aliphatic carbocycles. The predicted molar refractivity (Wildman–Crippen MR) is 73.6 cm³/mol. The van der Waals surface area contributed by atoms with Crippen LogP contribution in [0.3, 0.4) is 0 Å². The molecule has 4 heteroatoms. The molecule has 2 unspecified atom stereocenters. The van der Waals surface area contributed by atoms with Crippen molar-refractivity contribution in [2.24, 2.45) is 5.92 Å². The fourth-order valence-corrected chi connectivity index (χ4v) is 2.85. The summed E-state index contributed by atoms with van der Waals surface area (Å²) in [6, 6.07) is 5.91. The molecular formula is C14H18ClN3. The number of nitriles is 1. The van der Waals surface area contributed by atoms with Gasteiger partial charge in [0.2, 0.25) is 0 Å². The van der Waals surface area contributed by atoms with E-state index in [2.05, 4.69) is 23.3 Å². The van der Waals surface area contributed by atoms with Gasteiger partial charge in [-0.2, -0.15) is 5.26 Å². The van der Waals surface area contributed by atoms with Crippen LogP contribution in [0.5, 0.6) is 0 Å². The first-order valence-electron chi connectivity index (χ1n) is 6.55. The van der Waals surface area contributed by atoms with Crippen LogP contribution in [-0.4, -0.2) is 11.0 Å². The van der Waals surface area contributed by atoms with Crippen molar-refractivity contribution in [1.82, 2.24) is 4.98 Å². The van der Waals surface area contributed by atoms with E-state index in [1.165, 1.54) is 32.1 Å². The van der Waals surface area contributed by atoms with Gasteiger partial charge in [-0.3, -0.25) is 0 Å². The first kappa shape index (κ1) is 13.2. The largest absolute Gasteiger partial charge is 0.367 e. The number of nitrogens with one attached hydrogen (secondary N) is 1. The molecule has 1 N–H and O–H groups in total. The van der Waals surface area contributed by atoms with Gasteiger partial charge in [-0.15, -0.1) is 0 Å². The molecule has 0 aromatic carbocycles. The molecule has 0 aliphatic heterocycles. The molecule has 1 saturated carbocycles. The topological polar surface area (TPSA) is 48.7 Å². The standard InChI is InChI=1S/C14H18ClN3/c1-2-10-4-3-5-12(6-10)17-14-8-11(9-16)7-13(15)18-14/h7-8,10,12H,2-6H2,1H3,(H,17,18). The van der Waals surface area contributed by atoms with E-state index in [4.69, 9.17) is 16.9 Å². The summed E-state index contributed by atoms with van der Waals surface area (Å²) in [6.45, 7) is 2.25. The second kappa shape index (κ2) is 6.06. The lowest BCUT2D eigenvalue weighted by molar-refractivity contribution is 0.327. The summed E-state index contributed by atoms with van der Waals surface area (Å²) < 4.78 is 0. The van der Waals surface area contributed by atoms with Crippen molar-refractivity contribution in [2.75, 3.05) is 5.32 Å². The number of anilines is 1. The lowest BCUT2D eigenvalue weighted by atomic mass is 9.84. The summed E-state index contributed by atoms with van der Waals surface area (Å²) in [4.78, 5) is 4.23. The summed E-state index contributed by atoms with van der Waals surface area (Å²) in [5.74, 6) is 1.53. The highest BCUT2D eigenvalue weighted by atomic mass is 35.5. The van der Waals surface area contributed by atoms with Crippen molar-refractivity contribution in [3.63, 3.8) is 0 Å². The van der Waals surface area contributed by atoms with Crippen LogP contribution in [0, 0.1) is 17.2 Å². The van der Waals surface area contributed by atoms with Crippen molar-refractivity contribution < 1.29 is 0 Å². The van der Waals surface area contributed by atoms with Gasteiger partial charge in [-0.25, -0.2) is 4.98 Å². The Hall–Kier alpha value is -1.27. The molecule has 3 nitrogen and oxygen atoms in total. The molecule has 0 spiro atoms. The van der Waals surface area contributed by atoms with Crippen molar-refractivity contribution in [1.29, 1.82) is 5.26 Å². The van der Waals surface area contributed by atoms with Crippen molar-refractivity contribution in [3.8, 4) is 6.07 Å². The van der Waals surface area contributed by atoms with Crippen molar-refractivity contribution in [2.45, 2.75) is 45.1 Å². The SMILES string of the molecule is CCC1CCCC(Nc2cc(C#N)cc(Cl)n2)C1. The van der Waals surface area contributed by atoms with Crippen LogP contribution in [0.1, 0.15) is 44.6 Å². The third-order valence-electron chi connectivity index (χ3n) is 3.64. The van der Waals surface area contributed by atoms with E-state index < -0.39 is 0 Å². The van der Waals surface area contributed by atoms with Gasteiger partial charge in [-0.05, 0) is 30.9 Å². The molecule has 1 aromatic rings. The Kier molecular flexibility index (Phi) is 4.43. The van der Waals surface area contributed by atoms with E-state index in [1.54, 1.807) is 12.1 Å². The molecule has 1 aliphatic rings. The van der Waals surface area contributed by atoms with Crippen LogP contribution in [0.15, 0.2) is 12.1 Å². The van der Waals surface area contributed by atoms with Gasteiger partial charge in [0.05, 0.1) is 11.6 Å². The molecular weight excluding hydrogens is 246 g/mol. The quantitative estimate of drug-likeness (QED) is 0.839. The van der Waals surface area contributed by atoms with Crippen molar-refractivity contribution >= 4 is 17.4 Å². The van der Waals surface area contributed by atoms with Crippen LogP contribution in [0.2, 0.25) is 5.15 Å². The Morgan fingerprint density at radius 1 is 1.50 bits per heavy atom. The van der Waals surface area contributed by atoms with Crippen LogP contribution in [-0.2, 0) is 0 Å². The van der Waals surface area contributed by atoms with Gasteiger partial charge in [0.15, 0.2) is 0 Å². The van der Waals surface area contributed by atoms with E-state index in [0.29, 0.717) is 16.8 Å². The molecule has 1 heterocycles. The highest BCUT2D eigenvalue weighted by Gasteiger charge is 2.20. The maximum absolute atomic E-state index is 8.91. The van der Waals surface area contributed by atoms with Gasteiger partial charge >= 0.3 is 0 Å². The predicted octanol–water partition coefficient (Wildman–Crippen LogP) is 3.99. The van der Waals surface area contributed by atoms with E-state index in [-0.39, 0.29) is 0 Å². The number of hydrogen-bond acceptors (Lipinski definition) is 3. The maximum Gasteiger partial charge on any atom is 0.132 e. The molecule has 2 rings (SSSR count). The van der Waals surface area contributed by atoms with Crippen LogP contribution < -0.4 is 5.32 Å². The summed E-state index contributed by atoms with van der Waals surface area (Å²) >= 11 is 5.90. The second-order valence-electron chi connectivity index (χ2n) is 4.96. The monoisotopic (exact) mass is 263 g/mol. The summed E-state index contributed by atoms with van der Waals surface area (Å²) in [7, 11) is 0. The van der Waals surface area contributed by atoms with E-state index in [1.807, 2.05) is 0 Å². The molecule has 2 atom stereocenters. The van der Waals surface area contributed by atoms with Crippen LogP contribution in [0.25, 0.3) is 0 Å². The Balaban J connectivity index is 2.05. The Morgan fingerprint density at radius 3 is 3.06 bits per heavy atom. The minimum absolute atomic E-state index is 0.374. The Labute approximate surface area is 113 Å². The van der Waals surface area contributed by atoms with Gasteiger partial charge in [0, 0.05) is 6.04 Å². The lowest BCUT2D eigenvalue weighted by Gasteiger charge is -2.29. The highest BCUT2D eigenvalue weighted by molar-refractivity contribution is 6.29. The van der Waals surface area contributed by atoms with Gasteiger partial charge < -0.3 is 5.32 Å². The number of rotatable bonds is 3. The fourth-order valence-electron chi connectivity index (χ4n) is 2.64. The first-order valence-corrected chi connectivity index (χ1v) is 6.93. The van der Waals surface area contributed by atoms with E-state index >= 15 is 0 Å². The van der Waals surface area contributed by atoms with Gasteiger partial charge in [0.1, 0.15) is 11.0 Å². The third kappa shape index (κ3) is 3.36. The average Bonchev–Trinajstić information content (AvgIpc) is 2.38. The Bertz CT molecular complexity index is 453.